The van der Waals surface area contributed by atoms with Gasteiger partial charge in [0, 0.05) is 20.7 Å². The number of nitrogens with one attached hydrogen (secondary N) is 1. The third kappa shape index (κ3) is 7.59. The number of halogens is 2. The van der Waals surface area contributed by atoms with E-state index >= 15 is 0 Å². The van der Waals surface area contributed by atoms with Crippen molar-refractivity contribution in [3.8, 4) is 17.6 Å². The highest BCUT2D eigenvalue weighted by atomic mass is 79.9. The standard InChI is InChI=1S/C28H24BrClN2O5/c1-3-35-25-14-20(23(29)15-26(25)37-17-19-7-5-6-8-24(19)30)13-21(16-31)27(33)32-22-11-9-18(10-12-22)28(34)36-4-2/h5-15H,3-4,17H2,1-2H3,(H,32,33)/b21-13+. The molecule has 0 spiro atoms. The Morgan fingerprint density at radius 3 is 2.38 bits per heavy atom. The summed E-state index contributed by atoms with van der Waals surface area (Å²) in [5, 5.41) is 12.9. The highest BCUT2D eigenvalue weighted by Crippen LogP contribution is 2.36. The smallest absolute Gasteiger partial charge is 0.338 e. The third-order valence-corrected chi connectivity index (χ3v) is 6.08. The van der Waals surface area contributed by atoms with Gasteiger partial charge in [0.05, 0.1) is 18.8 Å². The van der Waals surface area contributed by atoms with Crippen LogP contribution in [0.3, 0.4) is 0 Å². The van der Waals surface area contributed by atoms with Crippen molar-refractivity contribution in [2.45, 2.75) is 20.5 Å². The third-order valence-electron chi connectivity index (χ3n) is 5.02. The lowest BCUT2D eigenvalue weighted by Crippen LogP contribution is -2.13. The Morgan fingerprint density at radius 2 is 1.73 bits per heavy atom. The van der Waals surface area contributed by atoms with Gasteiger partial charge >= 0.3 is 5.97 Å². The number of nitrogens with zero attached hydrogens (tertiary/aromatic N) is 1. The fourth-order valence-electron chi connectivity index (χ4n) is 3.22. The molecule has 37 heavy (non-hydrogen) atoms. The highest BCUT2D eigenvalue weighted by Gasteiger charge is 2.15. The topological polar surface area (TPSA) is 97.7 Å². The van der Waals surface area contributed by atoms with Gasteiger partial charge in [-0.2, -0.15) is 5.26 Å². The van der Waals surface area contributed by atoms with Gasteiger partial charge in [-0.3, -0.25) is 4.79 Å². The minimum absolute atomic E-state index is 0.123. The molecule has 0 aliphatic carbocycles. The molecule has 3 aromatic rings. The molecule has 0 saturated carbocycles. The van der Waals surface area contributed by atoms with Crippen LogP contribution in [0.25, 0.3) is 6.08 Å². The van der Waals surface area contributed by atoms with Crippen molar-refractivity contribution in [3.05, 3.63) is 92.4 Å². The molecule has 3 aromatic carbocycles. The second kappa shape index (κ2) is 13.5. The van der Waals surface area contributed by atoms with Crippen molar-refractivity contribution in [1.29, 1.82) is 5.26 Å². The minimum atomic E-state index is -0.602. The molecule has 0 aliphatic heterocycles. The Labute approximate surface area is 228 Å². The number of hydrogen-bond donors (Lipinski definition) is 1. The van der Waals surface area contributed by atoms with Gasteiger partial charge < -0.3 is 19.5 Å². The molecule has 190 valence electrons. The minimum Gasteiger partial charge on any atom is -0.490 e. The SMILES string of the molecule is CCOC(=O)c1ccc(NC(=O)/C(C#N)=C/c2cc(OCC)c(OCc3ccccc3Cl)cc2Br)cc1. The predicted molar refractivity (Wildman–Crippen MR) is 146 cm³/mol. The quantitative estimate of drug-likeness (QED) is 0.160. The predicted octanol–water partition coefficient (Wildman–Crippen LogP) is 6.80. The van der Waals surface area contributed by atoms with Crippen molar-refractivity contribution in [1.82, 2.24) is 0 Å². The summed E-state index contributed by atoms with van der Waals surface area (Å²) in [6.07, 6.45) is 1.45. The highest BCUT2D eigenvalue weighted by molar-refractivity contribution is 9.10. The molecular formula is C28H24BrClN2O5. The van der Waals surface area contributed by atoms with Gasteiger partial charge in [0.1, 0.15) is 18.2 Å². The lowest BCUT2D eigenvalue weighted by atomic mass is 10.1. The molecule has 0 bridgehead atoms. The number of anilines is 1. The fourth-order valence-corrected chi connectivity index (χ4v) is 3.85. The number of carbonyl (C=O) groups excluding carboxylic acids is 2. The van der Waals surface area contributed by atoms with Gasteiger partial charge in [-0.1, -0.05) is 45.7 Å². The Hall–Kier alpha value is -3.80. The zero-order valence-electron chi connectivity index (χ0n) is 20.2. The molecule has 7 nitrogen and oxygen atoms in total. The van der Waals surface area contributed by atoms with E-state index in [1.807, 2.05) is 31.2 Å². The van der Waals surface area contributed by atoms with Gasteiger partial charge in [-0.15, -0.1) is 0 Å². The number of rotatable bonds is 10. The van der Waals surface area contributed by atoms with Crippen LogP contribution in [0.15, 0.2) is 70.7 Å². The average molecular weight is 584 g/mol. The molecule has 0 radical (unpaired) electrons. The van der Waals surface area contributed by atoms with Crippen LogP contribution in [0, 0.1) is 11.3 Å². The van der Waals surface area contributed by atoms with Crippen molar-refractivity contribution in [2.24, 2.45) is 0 Å². The monoisotopic (exact) mass is 582 g/mol. The number of hydrogen-bond acceptors (Lipinski definition) is 6. The number of esters is 1. The van der Waals surface area contributed by atoms with Crippen molar-refractivity contribution in [2.75, 3.05) is 18.5 Å². The molecule has 0 saturated heterocycles. The summed E-state index contributed by atoms with van der Waals surface area (Å²) in [6.45, 7) is 4.46. The zero-order valence-corrected chi connectivity index (χ0v) is 22.6. The first-order valence-electron chi connectivity index (χ1n) is 11.4. The van der Waals surface area contributed by atoms with Crippen LogP contribution in [-0.4, -0.2) is 25.1 Å². The van der Waals surface area contributed by atoms with E-state index in [1.54, 1.807) is 37.3 Å². The molecule has 0 aliphatic rings. The van der Waals surface area contributed by atoms with Crippen LogP contribution < -0.4 is 14.8 Å². The second-order valence-corrected chi connectivity index (χ2v) is 8.82. The summed E-state index contributed by atoms with van der Waals surface area (Å²) in [4.78, 5) is 24.6. The molecule has 0 fully saturated rings. The summed E-state index contributed by atoms with van der Waals surface area (Å²) in [6, 6.07) is 18.9. The molecule has 9 heteroatoms. The van der Waals surface area contributed by atoms with Gasteiger partial charge in [0.15, 0.2) is 11.5 Å². The largest absolute Gasteiger partial charge is 0.490 e. The summed E-state index contributed by atoms with van der Waals surface area (Å²) in [5.41, 5.74) is 2.04. The Morgan fingerprint density at radius 1 is 1.03 bits per heavy atom. The van der Waals surface area contributed by atoms with Crippen LogP contribution in [0.1, 0.15) is 35.3 Å². The van der Waals surface area contributed by atoms with E-state index in [9.17, 15) is 14.9 Å². The van der Waals surface area contributed by atoms with Crippen molar-refractivity contribution >= 4 is 51.2 Å². The molecule has 0 heterocycles. The second-order valence-electron chi connectivity index (χ2n) is 7.56. The van der Waals surface area contributed by atoms with Crippen LogP contribution in [0.4, 0.5) is 5.69 Å². The van der Waals surface area contributed by atoms with E-state index in [2.05, 4.69) is 21.2 Å². The van der Waals surface area contributed by atoms with E-state index < -0.39 is 11.9 Å². The van der Waals surface area contributed by atoms with Gasteiger partial charge in [-0.05, 0) is 68.0 Å². The number of benzene rings is 3. The maximum absolute atomic E-state index is 12.8. The summed E-state index contributed by atoms with van der Waals surface area (Å²) < 4.78 is 17.2. The maximum Gasteiger partial charge on any atom is 0.338 e. The normalized spacial score (nSPS) is 10.8. The van der Waals surface area contributed by atoms with Crippen LogP contribution in [0.5, 0.6) is 11.5 Å². The Balaban J connectivity index is 1.80. The van der Waals surface area contributed by atoms with Crippen LogP contribution in [0.2, 0.25) is 5.02 Å². The van der Waals surface area contributed by atoms with Crippen molar-refractivity contribution in [3.63, 3.8) is 0 Å². The van der Waals surface area contributed by atoms with Gasteiger partial charge in [0.25, 0.3) is 5.91 Å². The summed E-state index contributed by atoms with van der Waals surface area (Å²) in [5.74, 6) is -0.116. The number of ether oxygens (including phenoxy) is 3. The summed E-state index contributed by atoms with van der Waals surface area (Å²) >= 11 is 9.72. The van der Waals surface area contributed by atoms with E-state index in [-0.39, 0.29) is 18.8 Å². The zero-order chi connectivity index (χ0) is 26.8. The van der Waals surface area contributed by atoms with E-state index in [0.29, 0.717) is 44.4 Å². The maximum atomic E-state index is 12.8. The molecule has 1 amide bonds. The Bertz CT molecular complexity index is 1350. The molecular weight excluding hydrogens is 560 g/mol. The lowest BCUT2D eigenvalue weighted by Gasteiger charge is -2.15. The first-order valence-corrected chi connectivity index (χ1v) is 12.6. The van der Waals surface area contributed by atoms with E-state index in [4.69, 9.17) is 25.8 Å². The van der Waals surface area contributed by atoms with E-state index in [0.717, 1.165) is 5.56 Å². The van der Waals surface area contributed by atoms with Gasteiger partial charge in [0.2, 0.25) is 0 Å². The van der Waals surface area contributed by atoms with E-state index in [1.165, 1.54) is 18.2 Å². The average Bonchev–Trinajstić information content (AvgIpc) is 2.89. The number of carbonyl (C=O) groups is 2. The van der Waals surface area contributed by atoms with Crippen LogP contribution in [-0.2, 0) is 16.1 Å². The lowest BCUT2D eigenvalue weighted by molar-refractivity contribution is -0.112. The molecule has 3 rings (SSSR count). The first-order chi connectivity index (χ1) is 17.9. The number of amides is 1. The molecule has 0 aromatic heterocycles. The molecule has 0 atom stereocenters. The van der Waals surface area contributed by atoms with Crippen LogP contribution >= 0.6 is 27.5 Å². The number of nitriles is 1. The molecule has 0 unspecified atom stereocenters. The van der Waals surface area contributed by atoms with Gasteiger partial charge in [-0.25, -0.2) is 4.79 Å². The molecule has 1 N–H and O–H groups in total. The first kappa shape index (κ1) is 27.8. The van der Waals surface area contributed by atoms with Crippen molar-refractivity contribution < 1.29 is 23.8 Å². The summed E-state index contributed by atoms with van der Waals surface area (Å²) in [7, 11) is 0. The Kier molecular flexibility index (Phi) is 10.1. The fraction of sp³-hybridized carbons (Fsp3) is 0.179.